The fourth-order valence-corrected chi connectivity index (χ4v) is 3.79. The standard InChI is InChI=1S/C16H21NO/c1-10-7-11(2)15-12(3)14(10)9-18-16(15)13-5-4-6-17-8-13/h4-8,10,12,14-16H,9H2,1-3H3/t10-,12+,14+,15-,16-/m0/s1. The van der Waals surface area contributed by atoms with Crippen LogP contribution >= 0.6 is 0 Å². The molecule has 0 aromatic carbocycles. The minimum atomic E-state index is 0.189. The van der Waals surface area contributed by atoms with Crippen LogP contribution in [0.1, 0.15) is 32.4 Å². The summed E-state index contributed by atoms with van der Waals surface area (Å²) in [5.74, 6) is 2.53. The Morgan fingerprint density at radius 1 is 1.33 bits per heavy atom. The number of pyridine rings is 1. The van der Waals surface area contributed by atoms with Gasteiger partial charge in [-0.1, -0.05) is 31.6 Å². The number of hydrogen-bond donors (Lipinski definition) is 0. The predicted octanol–water partition coefficient (Wildman–Crippen LogP) is 3.62. The zero-order valence-electron chi connectivity index (χ0n) is 11.3. The van der Waals surface area contributed by atoms with Crippen molar-refractivity contribution in [3.8, 4) is 0 Å². The Morgan fingerprint density at radius 2 is 2.17 bits per heavy atom. The largest absolute Gasteiger partial charge is 0.373 e. The summed E-state index contributed by atoms with van der Waals surface area (Å²) in [6, 6.07) is 4.13. The monoisotopic (exact) mass is 243 g/mol. The van der Waals surface area contributed by atoms with Crippen LogP contribution in [0.4, 0.5) is 0 Å². The van der Waals surface area contributed by atoms with Crippen molar-refractivity contribution in [1.29, 1.82) is 0 Å². The second-order valence-corrected chi connectivity index (χ2v) is 5.86. The van der Waals surface area contributed by atoms with Gasteiger partial charge < -0.3 is 4.74 Å². The summed E-state index contributed by atoms with van der Waals surface area (Å²) in [4.78, 5) is 4.23. The topological polar surface area (TPSA) is 22.1 Å². The van der Waals surface area contributed by atoms with Crippen molar-refractivity contribution in [3.05, 3.63) is 41.7 Å². The molecule has 2 aliphatic rings. The summed E-state index contributed by atoms with van der Waals surface area (Å²) in [5, 5.41) is 0. The van der Waals surface area contributed by atoms with E-state index >= 15 is 0 Å². The summed E-state index contributed by atoms with van der Waals surface area (Å²) >= 11 is 0. The molecule has 1 aliphatic carbocycles. The van der Waals surface area contributed by atoms with Crippen molar-refractivity contribution in [1.82, 2.24) is 4.98 Å². The highest BCUT2D eigenvalue weighted by molar-refractivity contribution is 5.23. The lowest BCUT2D eigenvalue weighted by Crippen LogP contribution is -2.42. The van der Waals surface area contributed by atoms with Crippen LogP contribution in [0.5, 0.6) is 0 Å². The Morgan fingerprint density at radius 3 is 2.89 bits per heavy atom. The van der Waals surface area contributed by atoms with Gasteiger partial charge in [-0.25, -0.2) is 0 Å². The first-order valence-corrected chi connectivity index (χ1v) is 6.88. The molecule has 1 aromatic heterocycles. The third-order valence-corrected chi connectivity index (χ3v) is 4.78. The molecule has 0 unspecified atom stereocenters. The second kappa shape index (κ2) is 4.51. The molecule has 2 heterocycles. The van der Waals surface area contributed by atoms with E-state index in [-0.39, 0.29) is 6.10 Å². The van der Waals surface area contributed by atoms with Gasteiger partial charge in [-0.05, 0) is 36.3 Å². The van der Waals surface area contributed by atoms with Crippen molar-refractivity contribution in [2.24, 2.45) is 23.7 Å². The molecule has 18 heavy (non-hydrogen) atoms. The molecule has 0 amide bonds. The second-order valence-electron chi connectivity index (χ2n) is 5.86. The zero-order valence-corrected chi connectivity index (χ0v) is 11.3. The van der Waals surface area contributed by atoms with Crippen LogP contribution in [-0.2, 0) is 4.74 Å². The van der Waals surface area contributed by atoms with E-state index in [1.807, 2.05) is 18.5 Å². The van der Waals surface area contributed by atoms with Crippen LogP contribution < -0.4 is 0 Å². The molecular weight excluding hydrogens is 222 g/mol. The average Bonchev–Trinajstić information content (AvgIpc) is 2.37. The quantitative estimate of drug-likeness (QED) is 0.703. The smallest absolute Gasteiger partial charge is 0.0907 e. The molecule has 2 heteroatoms. The molecule has 1 aliphatic heterocycles. The number of aromatic nitrogens is 1. The van der Waals surface area contributed by atoms with Crippen molar-refractivity contribution >= 4 is 0 Å². The van der Waals surface area contributed by atoms with E-state index in [1.54, 1.807) is 0 Å². The van der Waals surface area contributed by atoms with Crippen molar-refractivity contribution < 1.29 is 4.74 Å². The summed E-state index contributed by atoms with van der Waals surface area (Å²) in [6.45, 7) is 7.83. The third-order valence-electron chi connectivity index (χ3n) is 4.78. The minimum Gasteiger partial charge on any atom is -0.373 e. The fraction of sp³-hybridized carbons (Fsp3) is 0.562. The Kier molecular flexibility index (Phi) is 2.98. The Hall–Kier alpha value is -1.15. The van der Waals surface area contributed by atoms with Gasteiger partial charge in [0.2, 0.25) is 0 Å². The number of hydrogen-bond acceptors (Lipinski definition) is 2. The van der Waals surface area contributed by atoms with Gasteiger partial charge in [0.1, 0.15) is 0 Å². The van der Waals surface area contributed by atoms with Gasteiger partial charge in [0.05, 0.1) is 12.7 Å². The van der Waals surface area contributed by atoms with Crippen molar-refractivity contribution in [3.63, 3.8) is 0 Å². The number of fused-ring (bicyclic) bond motifs is 2. The van der Waals surface area contributed by atoms with Gasteiger partial charge in [0, 0.05) is 18.3 Å². The average molecular weight is 243 g/mol. The summed E-state index contributed by atoms with van der Waals surface area (Å²) in [6.07, 6.45) is 6.41. The SMILES string of the molecule is CC1=C[C@H](C)[C@H]2CO[C@@H](c3cccnc3)[C@@H]1[C@@H]2C. The van der Waals surface area contributed by atoms with Crippen LogP contribution in [0, 0.1) is 23.7 Å². The number of nitrogens with zero attached hydrogens (tertiary/aromatic N) is 1. The molecule has 1 aromatic rings. The Balaban J connectivity index is 1.97. The lowest BCUT2D eigenvalue weighted by molar-refractivity contribution is -0.0935. The highest BCUT2D eigenvalue weighted by Crippen LogP contribution is 2.49. The van der Waals surface area contributed by atoms with E-state index < -0.39 is 0 Å². The molecule has 5 atom stereocenters. The molecule has 3 rings (SSSR count). The van der Waals surface area contributed by atoms with Crippen LogP contribution in [0.2, 0.25) is 0 Å². The molecule has 1 saturated heterocycles. The van der Waals surface area contributed by atoms with Crippen LogP contribution in [0.15, 0.2) is 36.2 Å². The van der Waals surface area contributed by atoms with Crippen LogP contribution in [0.3, 0.4) is 0 Å². The summed E-state index contributed by atoms with van der Waals surface area (Å²) in [7, 11) is 0. The maximum absolute atomic E-state index is 6.16. The van der Waals surface area contributed by atoms with Gasteiger partial charge in [-0.3, -0.25) is 4.98 Å². The summed E-state index contributed by atoms with van der Waals surface area (Å²) < 4.78 is 6.16. The highest BCUT2D eigenvalue weighted by atomic mass is 16.5. The molecule has 0 N–H and O–H groups in total. The van der Waals surface area contributed by atoms with Crippen LogP contribution in [0.25, 0.3) is 0 Å². The highest BCUT2D eigenvalue weighted by Gasteiger charge is 2.43. The van der Waals surface area contributed by atoms with Crippen molar-refractivity contribution in [2.75, 3.05) is 6.61 Å². The Labute approximate surface area is 109 Å². The predicted molar refractivity (Wildman–Crippen MR) is 72.0 cm³/mol. The Bertz CT molecular complexity index is 453. The molecule has 1 fully saturated rings. The molecule has 0 radical (unpaired) electrons. The van der Waals surface area contributed by atoms with E-state index in [9.17, 15) is 0 Å². The third kappa shape index (κ3) is 1.79. The molecule has 96 valence electrons. The van der Waals surface area contributed by atoms with E-state index in [1.165, 1.54) is 11.1 Å². The fourth-order valence-electron chi connectivity index (χ4n) is 3.79. The number of ether oxygens (including phenoxy) is 1. The maximum atomic E-state index is 6.16. The molecule has 2 nitrogen and oxygen atoms in total. The molecule has 0 saturated carbocycles. The van der Waals surface area contributed by atoms with Gasteiger partial charge >= 0.3 is 0 Å². The molecule has 2 bridgehead atoms. The molecule has 0 spiro atoms. The number of rotatable bonds is 1. The van der Waals surface area contributed by atoms with E-state index in [0.29, 0.717) is 23.7 Å². The first-order valence-electron chi connectivity index (χ1n) is 6.88. The number of allylic oxidation sites excluding steroid dienone is 1. The van der Waals surface area contributed by atoms with Gasteiger partial charge in [-0.2, -0.15) is 0 Å². The van der Waals surface area contributed by atoms with Gasteiger partial charge in [0.15, 0.2) is 0 Å². The van der Waals surface area contributed by atoms with E-state index in [2.05, 4.69) is 37.9 Å². The summed E-state index contributed by atoms with van der Waals surface area (Å²) in [5.41, 5.74) is 2.70. The maximum Gasteiger partial charge on any atom is 0.0907 e. The first-order chi connectivity index (χ1) is 8.68. The lowest BCUT2D eigenvalue weighted by Gasteiger charge is -2.47. The first kappa shape index (κ1) is 11.9. The van der Waals surface area contributed by atoms with Crippen molar-refractivity contribution in [2.45, 2.75) is 26.9 Å². The lowest BCUT2D eigenvalue weighted by atomic mass is 9.65. The van der Waals surface area contributed by atoms with Crippen LogP contribution in [-0.4, -0.2) is 11.6 Å². The van der Waals surface area contributed by atoms with Gasteiger partial charge in [0.25, 0.3) is 0 Å². The molecular formula is C16H21NO. The van der Waals surface area contributed by atoms with E-state index in [0.717, 1.165) is 6.61 Å². The van der Waals surface area contributed by atoms with Gasteiger partial charge in [-0.15, -0.1) is 0 Å². The van der Waals surface area contributed by atoms with E-state index in [4.69, 9.17) is 4.74 Å². The zero-order chi connectivity index (χ0) is 12.7. The normalized spacial score (nSPS) is 39.3. The minimum absolute atomic E-state index is 0.189.